The Kier molecular flexibility index (Phi) is 4.46. The summed E-state index contributed by atoms with van der Waals surface area (Å²) in [6, 6.07) is 0. The highest BCUT2D eigenvalue weighted by molar-refractivity contribution is 4.86. The summed E-state index contributed by atoms with van der Waals surface area (Å²) in [6.45, 7) is 3.78. The first-order valence-corrected chi connectivity index (χ1v) is 5.31. The highest BCUT2D eigenvalue weighted by Gasteiger charge is 2.29. The normalized spacial score (nSPS) is 21.4. The molecule has 0 radical (unpaired) electrons. The van der Waals surface area contributed by atoms with Crippen molar-refractivity contribution in [2.24, 2.45) is 0 Å². The summed E-state index contributed by atoms with van der Waals surface area (Å²) in [6.07, 6.45) is 9.59. The lowest BCUT2D eigenvalue weighted by Crippen LogP contribution is -2.38. The molecule has 1 fully saturated rings. The lowest BCUT2D eigenvalue weighted by molar-refractivity contribution is 0.0481. The molecule has 0 spiro atoms. The second-order valence-corrected chi connectivity index (χ2v) is 3.97. The molecule has 0 aliphatic heterocycles. The van der Waals surface area contributed by atoms with Gasteiger partial charge >= 0.3 is 0 Å². The molecule has 1 aliphatic rings. The van der Waals surface area contributed by atoms with E-state index in [4.69, 9.17) is 0 Å². The topological polar surface area (TPSA) is 32.3 Å². The van der Waals surface area contributed by atoms with E-state index in [1.807, 2.05) is 6.92 Å². The van der Waals surface area contributed by atoms with Crippen molar-refractivity contribution < 1.29 is 5.11 Å². The molecule has 0 aromatic rings. The molecule has 0 heterocycles. The van der Waals surface area contributed by atoms with E-state index in [9.17, 15) is 5.11 Å². The van der Waals surface area contributed by atoms with Crippen LogP contribution in [0.3, 0.4) is 0 Å². The summed E-state index contributed by atoms with van der Waals surface area (Å²) in [5.74, 6) is 0. The fraction of sp³-hybridized carbons (Fsp3) is 0.818. The van der Waals surface area contributed by atoms with Gasteiger partial charge in [0, 0.05) is 6.54 Å². The van der Waals surface area contributed by atoms with Crippen molar-refractivity contribution in [2.75, 3.05) is 13.1 Å². The zero-order valence-corrected chi connectivity index (χ0v) is 8.55. The van der Waals surface area contributed by atoms with Gasteiger partial charge in [-0.3, -0.25) is 0 Å². The number of rotatable bonds is 5. The van der Waals surface area contributed by atoms with Crippen LogP contribution in [0.1, 0.15) is 39.0 Å². The van der Waals surface area contributed by atoms with E-state index in [2.05, 4.69) is 17.5 Å². The minimum atomic E-state index is -0.393. The summed E-state index contributed by atoms with van der Waals surface area (Å²) in [4.78, 5) is 0. The van der Waals surface area contributed by atoms with E-state index >= 15 is 0 Å². The molecular weight excluding hydrogens is 162 g/mol. The van der Waals surface area contributed by atoms with Gasteiger partial charge in [0.05, 0.1) is 5.60 Å². The van der Waals surface area contributed by atoms with Crippen molar-refractivity contribution in [3.05, 3.63) is 12.2 Å². The number of aliphatic hydroxyl groups is 1. The van der Waals surface area contributed by atoms with Gasteiger partial charge in [0.2, 0.25) is 0 Å². The fourth-order valence-corrected chi connectivity index (χ4v) is 1.88. The lowest BCUT2D eigenvalue weighted by atomic mass is 10.0. The molecule has 2 heteroatoms. The van der Waals surface area contributed by atoms with Crippen LogP contribution in [-0.2, 0) is 0 Å². The average Bonchev–Trinajstić information content (AvgIpc) is 2.53. The summed E-state index contributed by atoms with van der Waals surface area (Å²) in [5.41, 5.74) is -0.393. The highest BCUT2D eigenvalue weighted by Crippen LogP contribution is 2.28. The Bertz CT molecular complexity index is 159. The number of hydrogen-bond acceptors (Lipinski definition) is 2. The molecular formula is C11H21NO. The Morgan fingerprint density at radius 1 is 1.38 bits per heavy atom. The second-order valence-electron chi connectivity index (χ2n) is 3.97. The van der Waals surface area contributed by atoms with Crippen LogP contribution in [-0.4, -0.2) is 23.8 Å². The van der Waals surface area contributed by atoms with Crippen LogP contribution < -0.4 is 5.32 Å². The van der Waals surface area contributed by atoms with Gasteiger partial charge in [0.25, 0.3) is 0 Å². The van der Waals surface area contributed by atoms with Crippen molar-refractivity contribution in [2.45, 2.75) is 44.6 Å². The SMILES string of the molecule is C/C=C/CCNCC1(O)CCCC1. The average molecular weight is 183 g/mol. The molecule has 1 aliphatic carbocycles. The molecule has 76 valence electrons. The standard InChI is InChI=1S/C11H21NO/c1-2-3-6-9-12-10-11(13)7-4-5-8-11/h2-3,12-13H,4-10H2,1H3/b3-2+. The van der Waals surface area contributed by atoms with Crippen LogP contribution in [0.4, 0.5) is 0 Å². The second kappa shape index (κ2) is 5.40. The monoisotopic (exact) mass is 183 g/mol. The molecule has 1 rings (SSSR count). The summed E-state index contributed by atoms with van der Waals surface area (Å²) in [7, 11) is 0. The van der Waals surface area contributed by atoms with Gasteiger partial charge in [0.1, 0.15) is 0 Å². The van der Waals surface area contributed by atoms with Crippen LogP contribution in [0.5, 0.6) is 0 Å². The highest BCUT2D eigenvalue weighted by atomic mass is 16.3. The lowest BCUT2D eigenvalue weighted by Gasteiger charge is -2.22. The third-order valence-corrected chi connectivity index (χ3v) is 2.71. The van der Waals surface area contributed by atoms with Crippen molar-refractivity contribution in [1.29, 1.82) is 0 Å². The summed E-state index contributed by atoms with van der Waals surface area (Å²) >= 11 is 0. The van der Waals surface area contributed by atoms with E-state index in [0.717, 1.165) is 32.4 Å². The Morgan fingerprint density at radius 2 is 2.08 bits per heavy atom. The van der Waals surface area contributed by atoms with Crippen LogP contribution in [0, 0.1) is 0 Å². The molecule has 2 nitrogen and oxygen atoms in total. The van der Waals surface area contributed by atoms with Crippen molar-refractivity contribution in [3.63, 3.8) is 0 Å². The van der Waals surface area contributed by atoms with Gasteiger partial charge in [-0.2, -0.15) is 0 Å². The van der Waals surface area contributed by atoms with Crippen LogP contribution in [0.2, 0.25) is 0 Å². The minimum absolute atomic E-state index is 0.393. The first-order chi connectivity index (χ1) is 6.27. The number of hydrogen-bond donors (Lipinski definition) is 2. The third-order valence-electron chi connectivity index (χ3n) is 2.71. The number of allylic oxidation sites excluding steroid dienone is 1. The van der Waals surface area contributed by atoms with Gasteiger partial charge in [-0.05, 0) is 32.7 Å². The largest absolute Gasteiger partial charge is 0.389 e. The Morgan fingerprint density at radius 3 is 2.69 bits per heavy atom. The molecule has 13 heavy (non-hydrogen) atoms. The predicted molar refractivity (Wildman–Crippen MR) is 55.7 cm³/mol. The van der Waals surface area contributed by atoms with Crippen molar-refractivity contribution in [1.82, 2.24) is 5.32 Å². The molecule has 0 atom stereocenters. The van der Waals surface area contributed by atoms with E-state index in [1.54, 1.807) is 0 Å². The predicted octanol–water partition coefficient (Wildman–Crippen LogP) is 1.85. The minimum Gasteiger partial charge on any atom is -0.389 e. The molecule has 0 amide bonds. The first kappa shape index (κ1) is 10.7. The molecule has 1 saturated carbocycles. The number of nitrogens with one attached hydrogen (secondary N) is 1. The van der Waals surface area contributed by atoms with E-state index in [0.29, 0.717) is 0 Å². The zero-order chi connectivity index (χ0) is 9.57. The molecule has 0 unspecified atom stereocenters. The van der Waals surface area contributed by atoms with Crippen molar-refractivity contribution >= 4 is 0 Å². The molecule has 0 saturated heterocycles. The maximum absolute atomic E-state index is 9.97. The van der Waals surface area contributed by atoms with Crippen molar-refractivity contribution in [3.8, 4) is 0 Å². The Labute approximate surface area is 81.0 Å². The summed E-state index contributed by atoms with van der Waals surface area (Å²) < 4.78 is 0. The quantitative estimate of drug-likeness (QED) is 0.503. The van der Waals surface area contributed by atoms with Crippen LogP contribution >= 0.6 is 0 Å². The van der Waals surface area contributed by atoms with Gasteiger partial charge in [-0.25, -0.2) is 0 Å². The first-order valence-electron chi connectivity index (χ1n) is 5.31. The zero-order valence-electron chi connectivity index (χ0n) is 8.55. The van der Waals surface area contributed by atoms with E-state index in [1.165, 1.54) is 12.8 Å². The van der Waals surface area contributed by atoms with E-state index < -0.39 is 5.60 Å². The fourth-order valence-electron chi connectivity index (χ4n) is 1.88. The van der Waals surface area contributed by atoms with Crippen LogP contribution in [0.15, 0.2) is 12.2 Å². The van der Waals surface area contributed by atoms with Gasteiger partial charge in [-0.15, -0.1) is 0 Å². The molecule has 0 aromatic carbocycles. The maximum Gasteiger partial charge on any atom is 0.0771 e. The Hall–Kier alpha value is -0.340. The maximum atomic E-state index is 9.97. The smallest absolute Gasteiger partial charge is 0.0771 e. The Balaban J connectivity index is 2.04. The van der Waals surface area contributed by atoms with Gasteiger partial charge in [-0.1, -0.05) is 25.0 Å². The summed E-state index contributed by atoms with van der Waals surface area (Å²) in [5, 5.41) is 13.3. The third kappa shape index (κ3) is 3.92. The molecule has 2 N–H and O–H groups in total. The van der Waals surface area contributed by atoms with Gasteiger partial charge in [0.15, 0.2) is 0 Å². The van der Waals surface area contributed by atoms with Crippen LogP contribution in [0.25, 0.3) is 0 Å². The molecule has 0 aromatic heterocycles. The van der Waals surface area contributed by atoms with Gasteiger partial charge < -0.3 is 10.4 Å². The molecule has 0 bridgehead atoms. The van der Waals surface area contributed by atoms with E-state index in [-0.39, 0.29) is 0 Å².